The molecule has 3 amide bonds. The van der Waals surface area contributed by atoms with Crippen molar-refractivity contribution in [3.63, 3.8) is 0 Å². The van der Waals surface area contributed by atoms with Gasteiger partial charge >= 0.3 is 5.97 Å². The quantitative estimate of drug-likeness (QED) is 0.141. The van der Waals surface area contributed by atoms with Crippen LogP contribution in [-0.2, 0) is 42.9 Å². The number of aliphatic carboxylic acids is 1. The molecule has 0 rings (SSSR count). The molecule has 0 aromatic carbocycles. The number of Topliss-reactive ketones (excluding diaryl/α,β-unsaturated/α-hetero) is 1. The maximum Gasteiger partial charge on any atom is 0.326 e. The Labute approximate surface area is 264 Å². The second-order valence-electron chi connectivity index (χ2n) is 10.4. The van der Waals surface area contributed by atoms with Crippen molar-refractivity contribution in [2.45, 2.75) is 85.1 Å². The van der Waals surface area contributed by atoms with E-state index in [1.165, 1.54) is 28.2 Å². The van der Waals surface area contributed by atoms with Gasteiger partial charge in [-0.1, -0.05) is 47.0 Å². The van der Waals surface area contributed by atoms with Gasteiger partial charge in [0, 0.05) is 53.5 Å². The van der Waals surface area contributed by atoms with Crippen LogP contribution in [0.1, 0.15) is 79.1 Å². The standard InChI is InChI=1S/C28H51N3O10.C3H8/c1-6-8-9-10-26(34)31(5)24(28(36)37)11-12-25(33)29(3)13-15-38-18-20-41-22-27(35)30(4)14-16-39-17-19-40-21-23(32)7-2;1-3-2/h24H,6-22H2,1-5H3,(H,36,37);3H2,1-2H3. The first-order chi connectivity index (χ1) is 21.0. The van der Waals surface area contributed by atoms with Gasteiger partial charge in [0.1, 0.15) is 19.3 Å². The number of carboxylic acid groups (broad SMARTS) is 1. The lowest BCUT2D eigenvalue weighted by molar-refractivity contribution is -0.149. The summed E-state index contributed by atoms with van der Waals surface area (Å²) in [6.45, 7) is 10.5. The molecule has 13 nitrogen and oxygen atoms in total. The molecule has 0 saturated carbocycles. The van der Waals surface area contributed by atoms with Crippen LogP contribution < -0.4 is 0 Å². The second-order valence-corrected chi connectivity index (χ2v) is 10.4. The molecule has 0 aliphatic rings. The van der Waals surface area contributed by atoms with Gasteiger partial charge in [-0.25, -0.2) is 4.79 Å². The first kappa shape index (κ1) is 43.5. The number of hydrogen-bond donors (Lipinski definition) is 1. The van der Waals surface area contributed by atoms with Crippen molar-refractivity contribution in [1.82, 2.24) is 14.7 Å². The minimum Gasteiger partial charge on any atom is -0.480 e. The third-order valence-electron chi connectivity index (χ3n) is 6.39. The smallest absolute Gasteiger partial charge is 0.326 e. The van der Waals surface area contributed by atoms with Crippen LogP contribution in [0, 0.1) is 0 Å². The van der Waals surface area contributed by atoms with E-state index in [2.05, 4.69) is 13.8 Å². The molecule has 1 N–H and O–H groups in total. The zero-order valence-corrected chi connectivity index (χ0v) is 28.3. The number of rotatable bonds is 26. The Hall–Kier alpha value is -2.61. The molecule has 13 heteroatoms. The highest BCUT2D eigenvalue weighted by molar-refractivity contribution is 5.84. The van der Waals surface area contributed by atoms with Crippen LogP contribution in [0.5, 0.6) is 0 Å². The summed E-state index contributed by atoms with van der Waals surface area (Å²) in [5.41, 5.74) is 0. The highest BCUT2D eigenvalue weighted by Gasteiger charge is 2.27. The summed E-state index contributed by atoms with van der Waals surface area (Å²) in [5.74, 6) is -1.75. The molecule has 1 unspecified atom stereocenters. The Morgan fingerprint density at radius 2 is 1.14 bits per heavy atom. The van der Waals surface area contributed by atoms with Gasteiger partial charge in [0.15, 0.2) is 5.78 Å². The van der Waals surface area contributed by atoms with Gasteiger partial charge in [0.25, 0.3) is 0 Å². The maximum atomic E-state index is 12.4. The SMILES string of the molecule is CCC.CCCCCC(=O)N(C)C(CCC(=O)N(C)CCOCCOCC(=O)N(C)CCOCCOCC(=O)CC)C(=O)O. The second kappa shape index (κ2) is 29.1. The summed E-state index contributed by atoms with van der Waals surface area (Å²) >= 11 is 0. The molecule has 1 atom stereocenters. The van der Waals surface area contributed by atoms with Crippen molar-refractivity contribution in [3.8, 4) is 0 Å². The van der Waals surface area contributed by atoms with Crippen LogP contribution in [0.2, 0.25) is 0 Å². The number of ketones is 1. The third-order valence-corrected chi connectivity index (χ3v) is 6.39. The van der Waals surface area contributed by atoms with Crippen LogP contribution in [0.3, 0.4) is 0 Å². The van der Waals surface area contributed by atoms with E-state index < -0.39 is 12.0 Å². The summed E-state index contributed by atoms with van der Waals surface area (Å²) in [5, 5.41) is 9.53. The van der Waals surface area contributed by atoms with Crippen molar-refractivity contribution in [2.24, 2.45) is 0 Å². The molecule has 258 valence electrons. The van der Waals surface area contributed by atoms with Crippen LogP contribution in [-0.4, -0.2) is 142 Å². The van der Waals surface area contributed by atoms with Gasteiger partial charge in [0.2, 0.25) is 17.7 Å². The maximum absolute atomic E-state index is 12.4. The molecule has 44 heavy (non-hydrogen) atoms. The van der Waals surface area contributed by atoms with E-state index in [1.54, 1.807) is 21.0 Å². The molecule has 0 aromatic heterocycles. The Bertz CT molecular complexity index is 797. The fourth-order valence-corrected chi connectivity index (χ4v) is 3.46. The number of hydrogen-bond acceptors (Lipinski definition) is 9. The summed E-state index contributed by atoms with van der Waals surface area (Å²) in [6, 6.07) is -1.05. The van der Waals surface area contributed by atoms with Crippen LogP contribution in [0.25, 0.3) is 0 Å². The number of ether oxygens (including phenoxy) is 4. The van der Waals surface area contributed by atoms with Crippen LogP contribution in [0.4, 0.5) is 0 Å². The number of carbonyl (C=O) groups excluding carboxylic acids is 4. The Morgan fingerprint density at radius 3 is 1.64 bits per heavy atom. The highest BCUT2D eigenvalue weighted by atomic mass is 16.5. The fourth-order valence-electron chi connectivity index (χ4n) is 3.46. The predicted octanol–water partition coefficient (Wildman–Crippen LogP) is 2.64. The molecule has 0 saturated heterocycles. The topological polar surface area (TPSA) is 152 Å². The van der Waals surface area contributed by atoms with E-state index in [1.807, 2.05) is 6.92 Å². The van der Waals surface area contributed by atoms with Gasteiger partial charge in [-0.05, 0) is 12.8 Å². The first-order valence-corrected chi connectivity index (χ1v) is 15.7. The lowest BCUT2D eigenvalue weighted by Gasteiger charge is -2.25. The van der Waals surface area contributed by atoms with Crippen LogP contribution >= 0.6 is 0 Å². The molecule has 0 heterocycles. The zero-order valence-electron chi connectivity index (χ0n) is 28.3. The Kier molecular flexibility index (Phi) is 28.8. The highest BCUT2D eigenvalue weighted by Crippen LogP contribution is 2.11. The lowest BCUT2D eigenvalue weighted by Crippen LogP contribution is -2.43. The van der Waals surface area contributed by atoms with Gasteiger partial charge in [-0.2, -0.15) is 0 Å². The Morgan fingerprint density at radius 1 is 0.636 bits per heavy atom. The molecule has 0 spiro atoms. The van der Waals surface area contributed by atoms with Crippen molar-refractivity contribution < 1.29 is 48.0 Å². The average molecular weight is 634 g/mol. The summed E-state index contributed by atoms with van der Waals surface area (Å²) in [4.78, 5) is 63.8. The minimum atomic E-state index is -1.13. The number of carboxylic acids is 1. The normalized spacial score (nSPS) is 11.2. The number of nitrogens with zero attached hydrogens (tertiary/aromatic N) is 3. The largest absolute Gasteiger partial charge is 0.480 e. The van der Waals surface area contributed by atoms with Crippen molar-refractivity contribution >= 4 is 29.5 Å². The predicted molar refractivity (Wildman–Crippen MR) is 167 cm³/mol. The number of unbranched alkanes of at least 4 members (excludes halogenated alkanes) is 2. The fraction of sp³-hybridized carbons (Fsp3) is 0.839. The summed E-state index contributed by atoms with van der Waals surface area (Å²) in [7, 11) is 4.73. The monoisotopic (exact) mass is 633 g/mol. The lowest BCUT2D eigenvalue weighted by atomic mass is 10.1. The van der Waals surface area contributed by atoms with Gasteiger partial charge < -0.3 is 38.8 Å². The van der Waals surface area contributed by atoms with E-state index in [-0.39, 0.29) is 69.4 Å². The van der Waals surface area contributed by atoms with E-state index in [0.29, 0.717) is 52.2 Å². The number of carbonyl (C=O) groups is 5. The first-order valence-electron chi connectivity index (χ1n) is 15.7. The van der Waals surface area contributed by atoms with Gasteiger partial charge in [-0.3, -0.25) is 19.2 Å². The summed E-state index contributed by atoms with van der Waals surface area (Å²) in [6.07, 6.45) is 4.61. The van der Waals surface area contributed by atoms with Gasteiger partial charge in [0.05, 0.1) is 39.6 Å². The van der Waals surface area contributed by atoms with E-state index in [0.717, 1.165) is 12.8 Å². The van der Waals surface area contributed by atoms with E-state index in [4.69, 9.17) is 18.9 Å². The van der Waals surface area contributed by atoms with Crippen molar-refractivity contribution in [3.05, 3.63) is 0 Å². The molecule has 0 radical (unpaired) electrons. The zero-order chi connectivity index (χ0) is 33.8. The third kappa shape index (κ3) is 23.8. The molecular weight excluding hydrogens is 574 g/mol. The summed E-state index contributed by atoms with van der Waals surface area (Å²) < 4.78 is 21.4. The molecular formula is C31H59N3O10. The molecule has 0 aliphatic carbocycles. The van der Waals surface area contributed by atoms with Crippen molar-refractivity contribution in [1.29, 1.82) is 0 Å². The van der Waals surface area contributed by atoms with Gasteiger partial charge in [-0.15, -0.1) is 0 Å². The number of amides is 3. The molecule has 0 fully saturated rings. The Balaban J connectivity index is 0. The van der Waals surface area contributed by atoms with Crippen LogP contribution in [0.15, 0.2) is 0 Å². The molecule has 0 aromatic rings. The molecule has 0 bridgehead atoms. The van der Waals surface area contributed by atoms with E-state index >= 15 is 0 Å². The molecule has 0 aliphatic heterocycles. The number of likely N-dealkylation sites (N-methyl/N-ethyl adjacent to an activating group) is 3. The van der Waals surface area contributed by atoms with Crippen molar-refractivity contribution in [2.75, 3.05) is 87.1 Å². The minimum absolute atomic E-state index is 0.00241. The van der Waals surface area contributed by atoms with E-state index in [9.17, 15) is 29.1 Å². The average Bonchev–Trinajstić information content (AvgIpc) is 2.99.